The number of hydrogen-bond donors (Lipinski definition) is 1. The average molecular weight is 252 g/mol. The monoisotopic (exact) mass is 252 g/mol. The molecule has 0 aliphatic rings. The van der Waals surface area contributed by atoms with Gasteiger partial charge in [0.2, 0.25) is 0 Å². The van der Waals surface area contributed by atoms with E-state index in [2.05, 4.69) is 5.16 Å². The zero-order valence-corrected chi connectivity index (χ0v) is 10.1. The second-order valence-electron chi connectivity index (χ2n) is 3.76. The average Bonchev–Trinajstić information content (AvgIpc) is 2.63. The molecule has 0 saturated carbocycles. The summed E-state index contributed by atoms with van der Waals surface area (Å²) in [6.45, 7) is 1.71. The minimum atomic E-state index is -3.39. The lowest BCUT2D eigenvalue weighted by Gasteiger charge is -2.02. The van der Waals surface area contributed by atoms with E-state index in [0.29, 0.717) is 17.1 Å². The Morgan fingerprint density at radius 3 is 2.47 bits per heavy atom. The van der Waals surface area contributed by atoms with Crippen molar-refractivity contribution in [2.24, 2.45) is 0 Å². The summed E-state index contributed by atoms with van der Waals surface area (Å²) in [7, 11) is -3.39. The lowest BCUT2D eigenvalue weighted by atomic mass is 10.3. The van der Waals surface area contributed by atoms with Gasteiger partial charge in [0.1, 0.15) is 11.5 Å². The summed E-state index contributed by atoms with van der Waals surface area (Å²) in [5.74, 6) is 0.418. The topological polar surface area (TPSA) is 86.2 Å². The molecule has 17 heavy (non-hydrogen) atoms. The van der Waals surface area contributed by atoms with Crippen molar-refractivity contribution in [1.29, 1.82) is 0 Å². The maximum absolute atomic E-state index is 12.0. The number of aromatic nitrogens is 1. The molecule has 90 valence electrons. The lowest BCUT2D eigenvalue weighted by molar-refractivity contribution is 0.392. The first-order chi connectivity index (χ1) is 7.97. The molecular formula is C11H12N2O3S. The second-order valence-corrected chi connectivity index (χ2v) is 5.75. The summed E-state index contributed by atoms with van der Waals surface area (Å²) in [6.07, 6.45) is 0. The standard InChI is InChI=1S/C11H12N2O3S/c1-8-6-10(13-16-8)7-17(14,15)11-4-2-9(12)3-5-11/h2-6H,7,12H2,1H3. The van der Waals surface area contributed by atoms with Gasteiger partial charge in [-0.1, -0.05) is 5.16 Å². The highest BCUT2D eigenvalue weighted by Crippen LogP contribution is 2.17. The Hall–Kier alpha value is -1.82. The van der Waals surface area contributed by atoms with E-state index >= 15 is 0 Å². The fourth-order valence-corrected chi connectivity index (χ4v) is 2.68. The highest BCUT2D eigenvalue weighted by atomic mass is 32.2. The molecule has 0 fully saturated rings. The molecule has 0 radical (unpaired) electrons. The van der Waals surface area contributed by atoms with Crippen LogP contribution >= 0.6 is 0 Å². The predicted octanol–water partition coefficient (Wildman–Crippen LogP) is 1.54. The van der Waals surface area contributed by atoms with Crippen LogP contribution in [0.2, 0.25) is 0 Å². The predicted molar refractivity (Wildman–Crippen MR) is 63.0 cm³/mol. The highest BCUT2D eigenvalue weighted by Gasteiger charge is 2.17. The van der Waals surface area contributed by atoms with E-state index in [1.165, 1.54) is 12.1 Å². The normalized spacial score (nSPS) is 11.6. The molecule has 2 aromatic rings. The van der Waals surface area contributed by atoms with Crippen LogP contribution in [-0.2, 0) is 15.6 Å². The number of rotatable bonds is 3. The number of anilines is 1. The molecule has 0 atom stereocenters. The molecule has 5 nitrogen and oxygen atoms in total. The van der Waals surface area contributed by atoms with Crippen LogP contribution in [-0.4, -0.2) is 13.6 Å². The highest BCUT2D eigenvalue weighted by molar-refractivity contribution is 7.90. The van der Waals surface area contributed by atoms with E-state index in [4.69, 9.17) is 10.3 Å². The van der Waals surface area contributed by atoms with Crippen molar-refractivity contribution < 1.29 is 12.9 Å². The first kappa shape index (κ1) is 11.7. The summed E-state index contributed by atoms with van der Waals surface area (Å²) in [6, 6.07) is 7.69. The van der Waals surface area contributed by atoms with Crippen molar-refractivity contribution in [3.05, 3.63) is 41.8 Å². The number of sulfone groups is 1. The van der Waals surface area contributed by atoms with Crippen LogP contribution in [0.15, 0.2) is 39.8 Å². The molecule has 0 amide bonds. The molecule has 1 heterocycles. The molecule has 2 rings (SSSR count). The van der Waals surface area contributed by atoms with Gasteiger partial charge in [-0.25, -0.2) is 8.42 Å². The van der Waals surface area contributed by atoms with E-state index in [9.17, 15) is 8.42 Å². The Morgan fingerprint density at radius 2 is 1.94 bits per heavy atom. The van der Waals surface area contributed by atoms with E-state index in [1.54, 1.807) is 25.1 Å². The lowest BCUT2D eigenvalue weighted by Crippen LogP contribution is -2.05. The molecular weight excluding hydrogens is 240 g/mol. The minimum absolute atomic E-state index is 0.172. The Kier molecular flexibility index (Phi) is 2.89. The summed E-state index contributed by atoms with van der Waals surface area (Å²) in [5.41, 5.74) is 6.43. The van der Waals surface area contributed by atoms with E-state index < -0.39 is 9.84 Å². The number of nitrogens with two attached hydrogens (primary N) is 1. The SMILES string of the molecule is Cc1cc(CS(=O)(=O)c2ccc(N)cc2)no1. The minimum Gasteiger partial charge on any atom is -0.399 e. The van der Waals surface area contributed by atoms with Gasteiger partial charge >= 0.3 is 0 Å². The number of hydrogen-bond acceptors (Lipinski definition) is 5. The number of aryl methyl sites for hydroxylation is 1. The Morgan fingerprint density at radius 1 is 1.29 bits per heavy atom. The number of benzene rings is 1. The van der Waals surface area contributed by atoms with Gasteiger partial charge in [0, 0.05) is 11.8 Å². The van der Waals surface area contributed by atoms with Crippen LogP contribution in [0.5, 0.6) is 0 Å². The number of nitrogens with zero attached hydrogens (tertiary/aromatic N) is 1. The van der Waals surface area contributed by atoms with E-state index in [-0.39, 0.29) is 10.6 Å². The van der Waals surface area contributed by atoms with Gasteiger partial charge in [-0.2, -0.15) is 0 Å². The summed E-state index contributed by atoms with van der Waals surface area (Å²) in [4.78, 5) is 0.229. The molecule has 2 N–H and O–H groups in total. The van der Waals surface area contributed by atoms with Gasteiger partial charge in [-0.3, -0.25) is 0 Å². The zero-order valence-electron chi connectivity index (χ0n) is 9.25. The van der Waals surface area contributed by atoms with Crippen molar-refractivity contribution in [2.45, 2.75) is 17.6 Å². The third kappa shape index (κ3) is 2.65. The van der Waals surface area contributed by atoms with E-state index in [1.807, 2.05) is 0 Å². The van der Waals surface area contributed by atoms with Gasteiger partial charge in [-0.05, 0) is 31.2 Å². The quantitative estimate of drug-likeness (QED) is 0.837. The summed E-state index contributed by atoms with van der Waals surface area (Å²) >= 11 is 0. The Labute approximate surface area is 99.1 Å². The van der Waals surface area contributed by atoms with E-state index in [0.717, 1.165) is 0 Å². The smallest absolute Gasteiger partial charge is 0.184 e. The maximum atomic E-state index is 12.0. The van der Waals surface area contributed by atoms with Crippen molar-refractivity contribution in [3.63, 3.8) is 0 Å². The molecule has 0 unspecified atom stereocenters. The molecule has 1 aromatic carbocycles. The molecule has 0 spiro atoms. The molecule has 0 saturated heterocycles. The van der Waals surface area contributed by atoms with Crippen molar-refractivity contribution in [2.75, 3.05) is 5.73 Å². The van der Waals surface area contributed by atoms with Gasteiger partial charge in [0.25, 0.3) is 0 Å². The fraction of sp³-hybridized carbons (Fsp3) is 0.182. The summed E-state index contributed by atoms with van der Waals surface area (Å²) in [5, 5.41) is 3.67. The third-order valence-corrected chi connectivity index (χ3v) is 3.92. The van der Waals surface area contributed by atoms with Crippen LogP contribution in [0.3, 0.4) is 0 Å². The van der Waals surface area contributed by atoms with Crippen LogP contribution in [0.1, 0.15) is 11.5 Å². The summed E-state index contributed by atoms with van der Waals surface area (Å²) < 4.78 is 28.8. The number of nitrogen functional groups attached to an aromatic ring is 1. The van der Waals surface area contributed by atoms with Crippen molar-refractivity contribution in [3.8, 4) is 0 Å². The largest absolute Gasteiger partial charge is 0.399 e. The first-order valence-corrected chi connectivity index (χ1v) is 6.63. The Bertz CT molecular complexity index is 614. The van der Waals surface area contributed by atoms with Crippen LogP contribution in [0.4, 0.5) is 5.69 Å². The molecule has 0 bridgehead atoms. The zero-order chi connectivity index (χ0) is 12.5. The molecule has 1 aromatic heterocycles. The molecule has 6 heteroatoms. The third-order valence-electron chi connectivity index (χ3n) is 2.25. The Balaban J connectivity index is 2.28. The van der Waals surface area contributed by atoms with Gasteiger partial charge < -0.3 is 10.3 Å². The fourth-order valence-electron chi connectivity index (χ4n) is 1.44. The molecule has 0 aliphatic carbocycles. The molecule has 0 aliphatic heterocycles. The first-order valence-electron chi connectivity index (χ1n) is 4.98. The van der Waals surface area contributed by atoms with Gasteiger partial charge in [-0.15, -0.1) is 0 Å². The van der Waals surface area contributed by atoms with Crippen LogP contribution in [0, 0.1) is 6.92 Å². The van der Waals surface area contributed by atoms with Crippen LogP contribution < -0.4 is 5.73 Å². The maximum Gasteiger partial charge on any atom is 0.184 e. The van der Waals surface area contributed by atoms with Crippen molar-refractivity contribution in [1.82, 2.24) is 5.16 Å². The van der Waals surface area contributed by atoms with Gasteiger partial charge in [0.05, 0.1) is 10.6 Å². The second kappa shape index (κ2) is 4.21. The van der Waals surface area contributed by atoms with Crippen molar-refractivity contribution >= 4 is 15.5 Å². The van der Waals surface area contributed by atoms with Gasteiger partial charge in [0.15, 0.2) is 9.84 Å². The van der Waals surface area contributed by atoms with Crippen LogP contribution in [0.25, 0.3) is 0 Å².